The Kier molecular flexibility index (Phi) is 26.5. The number of anilines is 6. The molecule has 6 aliphatic heterocycles. The normalized spacial score (nSPS) is 18.7. The zero-order chi connectivity index (χ0) is 78.2. The van der Waals surface area contributed by atoms with Gasteiger partial charge in [0.1, 0.15) is 51.6 Å². The third kappa shape index (κ3) is 20.4. The number of aliphatic hydroxyl groups is 3. The van der Waals surface area contributed by atoms with E-state index in [4.69, 9.17) is 49.8 Å². The van der Waals surface area contributed by atoms with Crippen LogP contribution in [0.25, 0.3) is 0 Å². The van der Waals surface area contributed by atoms with Crippen molar-refractivity contribution in [1.29, 1.82) is 0 Å². The fourth-order valence-electron chi connectivity index (χ4n) is 15.4. The number of hydrogen-bond acceptors (Lipinski definition) is 27. The summed E-state index contributed by atoms with van der Waals surface area (Å²) in [6.07, 6.45) is 22.7. The minimum absolute atomic E-state index is 0.120. The van der Waals surface area contributed by atoms with Crippen LogP contribution in [-0.2, 0) is 59.1 Å². The van der Waals surface area contributed by atoms with Gasteiger partial charge < -0.3 is 76.6 Å². The Labute approximate surface area is 666 Å². The average Bonchev–Trinajstić information content (AvgIpc) is 1.07. The maximum atomic E-state index is 13.1. The van der Waals surface area contributed by atoms with E-state index in [0.29, 0.717) is 126 Å². The molecule has 30 nitrogen and oxygen atoms in total. The third-order valence-electron chi connectivity index (χ3n) is 21.7. The highest BCUT2D eigenvalue weighted by Crippen LogP contribution is 2.44. The van der Waals surface area contributed by atoms with Crippen LogP contribution in [0.2, 0.25) is 15.1 Å². The number of aromatic nitrogens is 12. The quantitative estimate of drug-likeness (QED) is 0.0278. The molecule has 2 unspecified atom stereocenters. The first-order valence-electron chi connectivity index (χ1n) is 37.7. The number of rotatable bonds is 24. The Bertz CT molecular complexity index is 4710. The number of hydrogen-bond donors (Lipinski definition) is 9. The molecule has 6 saturated heterocycles. The summed E-state index contributed by atoms with van der Waals surface area (Å²) >= 11 is 18.8. The number of likely N-dealkylation sites (tertiary alicyclic amines) is 3. The number of amides is 3. The van der Waals surface area contributed by atoms with Gasteiger partial charge in [0.2, 0.25) is 17.8 Å². The summed E-state index contributed by atoms with van der Waals surface area (Å²) < 4.78 is 0. The van der Waals surface area contributed by atoms with Gasteiger partial charge in [0, 0.05) is 159 Å². The summed E-state index contributed by atoms with van der Waals surface area (Å²) in [5.74, 6) is 3.81. The second kappa shape index (κ2) is 37.1. The molecule has 6 fully saturated rings. The van der Waals surface area contributed by atoms with Crippen LogP contribution in [-0.4, -0.2) is 207 Å². The van der Waals surface area contributed by atoms with Crippen molar-refractivity contribution in [3.05, 3.63) is 211 Å². The van der Waals surface area contributed by atoms with Gasteiger partial charge in [-0.3, -0.25) is 14.4 Å². The highest BCUT2D eigenvalue weighted by molar-refractivity contribution is 6.32. The van der Waals surface area contributed by atoms with Crippen molar-refractivity contribution in [1.82, 2.24) is 90.5 Å². The van der Waals surface area contributed by atoms with E-state index >= 15 is 0 Å². The zero-order valence-electron chi connectivity index (χ0n) is 63.2. The van der Waals surface area contributed by atoms with Gasteiger partial charge in [-0.05, 0) is 162 Å². The van der Waals surface area contributed by atoms with Gasteiger partial charge >= 0.3 is 0 Å². The topological polar surface area (TPSA) is 358 Å². The van der Waals surface area contributed by atoms with E-state index in [1.165, 1.54) is 32.1 Å². The van der Waals surface area contributed by atoms with Gasteiger partial charge in [-0.15, -0.1) is 0 Å². The van der Waals surface area contributed by atoms with E-state index in [-0.39, 0.29) is 68.0 Å². The van der Waals surface area contributed by atoms with Gasteiger partial charge in [-0.2, -0.15) is 15.0 Å². The van der Waals surface area contributed by atoms with Crippen molar-refractivity contribution in [2.45, 2.75) is 104 Å². The van der Waals surface area contributed by atoms with Gasteiger partial charge in [-0.1, -0.05) is 71.2 Å². The van der Waals surface area contributed by atoms with E-state index in [0.717, 1.165) is 108 Å². The Morgan fingerprint density at radius 3 is 1.04 bits per heavy atom. The highest BCUT2D eigenvalue weighted by Gasteiger charge is 2.47. The van der Waals surface area contributed by atoms with E-state index < -0.39 is 0 Å². The number of piperidine rings is 2. The van der Waals surface area contributed by atoms with Crippen molar-refractivity contribution in [3.63, 3.8) is 0 Å². The number of halogens is 3. The Morgan fingerprint density at radius 1 is 0.384 bits per heavy atom. The summed E-state index contributed by atoms with van der Waals surface area (Å²) in [6, 6.07) is 21.6. The van der Waals surface area contributed by atoms with Crippen molar-refractivity contribution < 1.29 is 29.7 Å². The molecule has 0 aliphatic carbocycles. The molecule has 3 amide bonds. The minimum atomic E-state index is -0.314. The molecule has 6 aliphatic rings. The number of nitrogens with one attached hydrogen (secondary N) is 6. The van der Waals surface area contributed by atoms with Crippen molar-refractivity contribution in [2.75, 3.05) is 130 Å². The monoisotopic (exact) mass is 1580 g/mol. The lowest BCUT2D eigenvalue weighted by atomic mass is 9.72. The Hall–Kier alpha value is -10.0. The SMILES string of the molecule is CN1CCC2(CC1)CN(c1ncc(C(=O)NCc3ncccn3)c(NCc3ccc(CO)c(Cl)c3)n1)C2.CN1CCC2(CCN(c3ncc(C(=O)NCc4ncccn4)c(NCc4ccc(CO)c(Cl)c4)n3)C2)C1.CN1CCCC2(CCN(c3ncc(C(=O)NCc4ncccn4)c(NCc4ccc(CO)c(Cl)c4)n3)C2)C1. The van der Waals surface area contributed by atoms with Crippen LogP contribution >= 0.6 is 34.8 Å². The molecule has 112 heavy (non-hydrogen) atoms. The summed E-state index contributed by atoms with van der Waals surface area (Å²) in [6.45, 7) is 13.5. The highest BCUT2D eigenvalue weighted by atomic mass is 35.5. The van der Waals surface area contributed by atoms with Crippen LogP contribution in [0.15, 0.2) is 129 Å². The summed E-state index contributed by atoms with van der Waals surface area (Å²) in [5.41, 5.74) is 6.61. The number of carbonyl (C=O) groups is 3. The van der Waals surface area contributed by atoms with Crippen molar-refractivity contribution in [3.8, 4) is 0 Å². The minimum Gasteiger partial charge on any atom is -0.392 e. The van der Waals surface area contributed by atoms with Crippen LogP contribution in [0.5, 0.6) is 0 Å². The van der Waals surface area contributed by atoms with E-state index in [1.54, 1.807) is 110 Å². The summed E-state index contributed by atoms with van der Waals surface area (Å²) in [7, 11) is 6.53. The predicted octanol–water partition coefficient (Wildman–Crippen LogP) is 7.85. The maximum Gasteiger partial charge on any atom is 0.256 e. The van der Waals surface area contributed by atoms with Crippen molar-refractivity contribution in [2.24, 2.45) is 16.2 Å². The molecular formula is C79H95Cl3N24O6. The van der Waals surface area contributed by atoms with Gasteiger partial charge in [0.15, 0.2) is 0 Å². The molecule has 33 heteroatoms. The molecule has 0 radical (unpaired) electrons. The Balaban J connectivity index is 0.000000147. The third-order valence-corrected chi connectivity index (χ3v) is 22.7. The molecule has 9 aromatic rings. The number of benzene rings is 3. The summed E-state index contributed by atoms with van der Waals surface area (Å²) in [4.78, 5) is 106. The molecule has 2 atom stereocenters. The lowest BCUT2D eigenvalue weighted by Gasteiger charge is -2.53. The van der Waals surface area contributed by atoms with Crippen LogP contribution in [0.4, 0.5) is 35.3 Å². The van der Waals surface area contributed by atoms with E-state index in [1.807, 2.05) is 18.2 Å². The summed E-state index contributed by atoms with van der Waals surface area (Å²) in [5, 5.41) is 48.2. The number of carbonyl (C=O) groups excluding carboxylic acids is 3. The fraction of sp³-hybridized carbons (Fsp3) is 0.430. The molecule has 0 bridgehead atoms. The lowest BCUT2D eigenvalue weighted by Crippen LogP contribution is -2.60. The lowest BCUT2D eigenvalue weighted by molar-refractivity contribution is 0.0893. The molecule has 9 N–H and O–H groups in total. The smallest absolute Gasteiger partial charge is 0.256 e. The molecule has 6 aromatic heterocycles. The second-order valence-electron chi connectivity index (χ2n) is 30.0. The van der Waals surface area contributed by atoms with Crippen LogP contribution in [0.3, 0.4) is 0 Å². The molecule has 15 rings (SSSR count). The average molecular weight is 1580 g/mol. The molecular weight excluding hydrogens is 1490 g/mol. The molecule has 3 aromatic carbocycles. The largest absolute Gasteiger partial charge is 0.392 e. The van der Waals surface area contributed by atoms with E-state index in [9.17, 15) is 29.7 Å². The van der Waals surface area contributed by atoms with Gasteiger partial charge in [-0.25, -0.2) is 44.9 Å². The fourth-order valence-corrected chi connectivity index (χ4v) is 16.1. The first kappa shape index (κ1) is 80.0. The van der Waals surface area contributed by atoms with Crippen LogP contribution in [0, 0.1) is 16.2 Å². The second-order valence-corrected chi connectivity index (χ2v) is 31.2. The standard InChI is InChI=1S/C27H33ClN8O2.2C26H31ClN8O2/c1-35-10-2-6-27(17-35)7-11-36(18-27)26-33-14-21(25(38)32-15-23-29-8-3-9-30-23)24(34-26)31-13-19-4-5-20(16-37)22(28)12-19;1-34-9-5-26(16-34)6-10-35(17-26)25-32-13-20(24(37)31-14-22-28-7-2-8-29-22)23(33-25)30-12-18-3-4-19(15-36)21(27)11-18;1-34-9-5-26(6-10-34)16-35(17-26)25-32-13-20(24(37)31-14-22-28-7-2-8-29-22)23(33-25)30-12-18-3-4-19(15-36)21(27)11-18/h3-5,8-9,12,14,37H,2,6-7,10-11,13,15-18H2,1H3,(H,32,38)(H,31,33,34);2*2-4,7-8,11,13,36H,5-6,9-10,12,14-17H2,1H3,(H,31,37)(H,30,32,33). The van der Waals surface area contributed by atoms with Crippen LogP contribution in [0.1, 0.15) is 127 Å². The molecule has 588 valence electrons. The first-order chi connectivity index (χ1) is 54.3. The number of aliphatic hydroxyl groups excluding tert-OH is 3. The first-order valence-corrected chi connectivity index (χ1v) is 38.9. The van der Waals surface area contributed by atoms with Crippen molar-refractivity contribution >= 4 is 87.8 Å². The molecule has 3 spiro atoms. The van der Waals surface area contributed by atoms with E-state index in [2.05, 4.69) is 127 Å². The van der Waals surface area contributed by atoms with Gasteiger partial charge in [0.05, 0.1) is 39.5 Å². The molecule has 0 saturated carbocycles. The maximum absolute atomic E-state index is 13.1. The van der Waals surface area contributed by atoms with Crippen LogP contribution < -0.4 is 46.6 Å². The van der Waals surface area contributed by atoms with Gasteiger partial charge in [0.25, 0.3) is 17.7 Å². The molecule has 12 heterocycles. The zero-order valence-corrected chi connectivity index (χ0v) is 65.4. The Morgan fingerprint density at radius 2 is 0.696 bits per heavy atom. The number of nitrogens with zero attached hydrogens (tertiary/aromatic N) is 18. The predicted molar refractivity (Wildman–Crippen MR) is 429 cm³/mol.